The molecule has 0 aliphatic rings. The van der Waals surface area contributed by atoms with Crippen molar-refractivity contribution in [2.24, 2.45) is 0 Å². The summed E-state index contributed by atoms with van der Waals surface area (Å²) in [6.45, 7) is 0. The average Bonchev–Trinajstić information content (AvgIpc) is 3.56. The highest BCUT2D eigenvalue weighted by molar-refractivity contribution is 6.14. The van der Waals surface area contributed by atoms with E-state index in [0.29, 0.717) is 0 Å². The molecule has 10 rings (SSSR count). The van der Waals surface area contributed by atoms with Gasteiger partial charge in [-0.2, -0.15) is 0 Å². The van der Waals surface area contributed by atoms with Crippen LogP contribution in [-0.2, 0) is 0 Å². The van der Waals surface area contributed by atoms with E-state index in [1.54, 1.807) is 0 Å². The quantitative estimate of drug-likeness (QED) is 0.175. The van der Waals surface area contributed by atoms with Crippen molar-refractivity contribution in [1.29, 1.82) is 0 Å². The van der Waals surface area contributed by atoms with Crippen LogP contribution in [0.5, 0.6) is 0 Å². The van der Waals surface area contributed by atoms with Gasteiger partial charge >= 0.3 is 0 Å². The lowest BCUT2D eigenvalue weighted by atomic mass is 9.93. The molecule has 0 N–H and O–H groups in total. The van der Waals surface area contributed by atoms with E-state index in [9.17, 15) is 0 Å². The van der Waals surface area contributed by atoms with E-state index in [1.807, 2.05) is 12.1 Å². The third kappa shape index (κ3) is 4.73. The van der Waals surface area contributed by atoms with Crippen molar-refractivity contribution in [2.75, 3.05) is 4.90 Å². The average molecular weight is 638 g/mol. The normalized spacial score (nSPS) is 11.6. The van der Waals surface area contributed by atoms with E-state index in [4.69, 9.17) is 4.42 Å². The first-order valence-electron chi connectivity index (χ1n) is 17.1. The highest BCUT2D eigenvalue weighted by Crippen LogP contribution is 2.42. The number of rotatable bonds is 5. The summed E-state index contributed by atoms with van der Waals surface area (Å²) in [6, 6.07) is 67.6. The number of furan rings is 1. The summed E-state index contributed by atoms with van der Waals surface area (Å²) in [4.78, 5) is 2.34. The molecule has 0 aliphatic carbocycles. The summed E-state index contributed by atoms with van der Waals surface area (Å²) in [5, 5.41) is 9.77. The Morgan fingerprint density at radius 2 is 0.940 bits per heavy atom. The van der Waals surface area contributed by atoms with Gasteiger partial charge in [0.05, 0.1) is 0 Å². The Bertz CT molecular complexity index is 2880. The largest absolute Gasteiger partial charge is 0.456 e. The van der Waals surface area contributed by atoms with E-state index < -0.39 is 0 Å². The summed E-state index contributed by atoms with van der Waals surface area (Å²) >= 11 is 0. The Kier molecular flexibility index (Phi) is 6.53. The van der Waals surface area contributed by atoms with Crippen molar-refractivity contribution < 1.29 is 4.42 Å². The molecule has 0 saturated heterocycles. The molecule has 0 radical (unpaired) electrons. The number of hydrogen-bond acceptors (Lipinski definition) is 2. The Morgan fingerprint density at radius 3 is 1.80 bits per heavy atom. The summed E-state index contributed by atoms with van der Waals surface area (Å²) in [5.74, 6) is 0. The van der Waals surface area contributed by atoms with Crippen molar-refractivity contribution in [1.82, 2.24) is 0 Å². The van der Waals surface area contributed by atoms with Crippen molar-refractivity contribution >= 4 is 71.3 Å². The molecular formula is C48H31NO. The molecule has 0 amide bonds. The molecule has 0 saturated carbocycles. The van der Waals surface area contributed by atoms with Gasteiger partial charge in [-0.3, -0.25) is 0 Å². The standard InChI is InChI=1S/C48H31NO/c1-2-11-34-28-35(21-20-32(34)10-1)33-22-24-38(25-23-33)49(40-26-27-45-44-18-7-8-19-47(44)50-48(45)31-40)39-14-9-13-36(29-39)46-30-37-12-3-4-15-41(37)42-16-5-6-17-43(42)46/h1-31H. The molecule has 0 bridgehead atoms. The summed E-state index contributed by atoms with van der Waals surface area (Å²) in [5.41, 5.74) is 9.75. The maximum absolute atomic E-state index is 6.38. The van der Waals surface area contributed by atoms with Crippen LogP contribution in [-0.4, -0.2) is 0 Å². The molecule has 10 aromatic rings. The zero-order valence-corrected chi connectivity index (χ0v) is 27.3. The van der Waals surface area contributed by atoms with Gasteiger partial charge in [-0.05, 0) is 109 Å². The molecule has 0 fully saturated rings. The van der Waals surface area contributed by atoms with E-state index in [2.05, 4.69) is 181 Å². The zero-order chi connectivity index (χ0) is 33.0. The molecule has 2 nitrogen and oxygen atoms in total. The van der Waals surface area contributed by atoms with Crippen molar-refractivity contribution in [3.05, 3.63) is 188 Å². The Labute approximate surface area is 290 Å². The topological polar surface area (TPSA) is 16.4 Å². The fourth-order valence-corrected chi connectivity index (χ4v) is 7.58. The number of para-hydroxylation sites is 1. The Hall–Kier alpha value is -6.64. The molecular weight excluding hydrogens is 607 g/mol. The van der Waals surface area contributed by atoms with Gasteiger partial charge in [-0.15, -0.1) is 0 Å². The molecule has 0 aliphatic heterocycles. The predicted octanol–water partition coefficient (Wildman–Crippen LogP) is 13.8. The van der Waals surface area contributed by atoms with Crippen LogP contribution in [0.25, 0.3) is 76.5 Å². The monoisotopic (exact) mass is 637 g/mol. The van der Waals surface area contributed by atoms with Gasteiger partial charge in [0, 0.05) is 33.9 Å². The fraction of sp³-hybridized carbons (Fsp3) is 0. The second kappa shape index (κ2) is 11.5. The first kappa shape index (κ1) is 28.4. The third-order valence-electron chi connectivity index (χ3n) is 10.0. The first-order chi connectivity index (χ1) is 24.8. The molecule has 0 spiro atoms. The third-order valence-corrected chi connectivity index (χ3v) is 10.0. The number of anilines is 3. The van der Waals surface area contributed by atoms with Gasteiger partial charge in [-0.25, -0.2) is 0 Å². The van der Waals surface area contributed by atoms with Gasteiger partial charge < -0.3 is 9.32 Å². The highest BCUT2D eigenvalue weighted by Gasteiger charge is 2.17. The van der Waals surface area contributed by atoms with Crippen LogP contribution in [0.3, 0.4) is 0 Å². The number of nitrogens with zero attached hydrogens (tertiary/aromatic N) is 1. The molecule has 0 atom stereocenters. The molecule has 1 aromatic heterocycles. The van der Waals surface area contributed by atoms with Crippen LogP contribution in [0.15, 0.2) is 192 Å². The minimum absolute atomic E-state index is 0.873. The van der Waals surface area contributed by atoms with Crippen LogP contribution in [0.1, 0.15) is 0 Å². The van der Waals surface area contributed by atoms with Crippen LogP contribution in [0, 0.1) is 0 Å². The number of benzene rings is 9. The van der Waals surface area contributed by atoms with E-state index >= 15 is 0 Å². The maximum atomic E-state index is 6.38. The van der Waals surface area contributed by atoms with Crippen LogP contribution < -0.4 is 4.90 Å². The first-order valence-corrected chi connectivity index (χ1v) is 17.1. The molecule has 2 heteroatoms. The molecule has 9 aromatic carbocycles. The fourth-order valence-electron chi connectivity index (χ4n) is 7.58. The van der Waals surface area contributed by atoms with Crippen LogP contribution in [0.2, 0.25) is 0 Å². The second-order valence-corrected chi connectivity index (χ2v) is 13.0. The summed E-state index contributed by atoms with van der Waals surface area (Å²) < 4.78 is 6.38. The van der Waals surface area contributed by atoms with E-state index in [1.165, 1.54) is 54.6 Å². The number of hydrogen-bond donors (Lipinski definition) is 0. The minimum Gasteiger partial charge on any atom is -0.456 e. The molecule has 0 unspecified atom stereocenters. The van der Waals surface area contributed by atoms with Gasteiger partial charge in [0.15, 0.2) is 0 Å². The Morgan fingerprint density at radius 1 is 0.300 bits per heavy atom. The lowest BCUT2D eigenvalue weighted by Gasteiger charge is -2.26. The predicted molar refractivity (Wildman–Crippen MR) is 212 cm³/mol. The van der Waals surface area contributed by atoms with Gasteiger partial charge in [0.25, 0.3) is 0 Å². The van der Waals surface area contributed by atoms with Gasteiger partial charge in [0.1, 0.15) is 11.2 Å². The van der Waals surface area contributed by atoms with E-state index in [0.717, 1.165) is 39.0 Å². The SMILES string of the molecule is c1cc(-c2cc3ccccc3c3ccccc23)cc(N(c2ccc(-c3ccc4ccccc4c3)cc2)c2ccc3c(c2)oc2ccccc23)c1. The van der Waals surface area contributed by atoms with Gasteiger partial charge in [-0.1, -0.05) is 127 Å². The van der Waals surface area contributed by atoms with Gasteiger partial charge in [0.2, 0.25) is 0 Å². The second-order valence-electron chi connectivity index (χ2n) is 13.0. The smallest absolute Gasteiger partial charge is 0.137 e. The lowest BCUT2D eigenvalue weighted by molar-refractivity contribution is 0.669. The maximum Gasteiger partial charge on any atom is 0.137 e. The van der Waals surface area contributed by atoms with E-state index in [-0.39, 0.29) is 0 Å². The summed E-state index contributed by atoms with van der Waals surface area (Å²) in [7, 11) is 0. The van der Waals surface area contributed by atoms with Crippen LogP contribution >= 0.6 is 0 Å². The molecule has 50 heavy (non-hydrogen) atoms. The molecule has 1 heterocycles. The van der Waals surface area contributed by atoms with Crippen molar-refractivity contribution in [2.45, 2.75) is 0 Å². The lowest BCUT2D eigenvalue weighted by Crippen LogP contribution is -2.10. The minimum atomic E-state index is 0.873. The molecule has 234 valence electrons. The highest BCUT2D eigenvalue weighted by atomic mass is 16.3. The Balaban J connectivity index is 1.13. The zero-order valence-electron chi connectivity index (χ0n) is 27.3. The summed E-state index contributed by atoms with van der Waals surface area (Å²) in [6.07, 6.45) is 0. The van der Waals surface area contributed by atoms with Crippen LogP contribution in [0.4, 0.5) is 17.1 Å². The number of fused-ring (bicyclic) bond motifs is 7. The van der Waals surface area contributed by atoms with Crippen molar-refractivity contribution in [3.63, 3.8) is 0 Å². The van der Waals surface area contributed by atoms with Crippen molar-refractivity contribution in [3.8, 4) is 22.3 Å².